The first-order valence-corrected chi connectivity index (χ1v) is 11.1. The maximum atomic E-state index is 12.4. The largest absolute Gasteiger partial charge is 0.490 e. The molecule has 1 amide bonds. The summed E-state index contributed by atoms with van der Waals surface area (Å²) in [4.78, 5) is 12.4. The molecule has 168 valence electrons. The van der Waals surface area contributed by atoms with Gasteiger partial charge in [-0.1, -0.05) is 41.4 Å². The molecule has 0 aliphatic carbocycles. The Labute approximate surface area is 198 Å². The molecule has 0 atom stereocenters. The predicted octanol–water partition coefficient (Wildman–Crippen LogP) is 6.64. The molecule has 3 rings (SSSR count). The van der Waals surface area contributed by atoms with Gasteiger partial charge in [0.2, 0.25) is 0 Å². The van der Waals surface area contributed by atoms with Crippen LogP contribution in [0.3, 0.4) is 0 Å². The second-order valence-electron chi connectivity index (χ2n) is 7.28. The number of hydrogen-bond acceptors (Lipinski definition) is 4. The first-order chi connectivity index (χ1) is 15.4. The van der Waals surface area contributed by atoms with Gasteiger partial charge in [-0.2, -0.15) is 0 Å². The van der Waals surface area contributed by atoms with E-state index in [-0.39, 0.29) is 12.5 Å². The second-order valence-corrected chi connectivity index (χ2v) is 8.10. The third kappa shape index (κ3) is 6.31. The molecule has 0 fully saturated rings. The highest BCUT2D eigenvalue weighted by atomic mass is 35.5. The van der Waals surface area contributed by atoms with Crippen molar-refractivity contribution in [1.82, 2.24) is 0 Å². The third-order valence-corrected chi connectivity index (χ3v) is 5.70. The molecule has 0 saturated heterocycles. The SMILES string of the molecule is CCOc1cc(CNc2ccc(Cl)c(Cl)c2)ccc1OCC(=O)Nc1cccc(C)c1C. The lowest BCUT2D eigenvalue weighted by atomic mass is 10.1. The maximum absolute atomic E-state index is 12.4. The topological polar surface area (TPSA) is 59.6 Å². The summed E-state index contributed by atoms with van der Waals surface area (Å²) in [7, 11) is 0. The average Bonchev–Trinajstić information content (AvgIpc) is 2.77. The number of carbonyl (C=O) groups is 1. The van der Waals surface area contributed by atoms with E-state index in [0.29, 0.717) is 34.7 Å². The lowest BCUT2D eigenvalue weighted by molar-refractivity contribution is -0.118. The number of amides is 1. The van der Waals surface area contributed by atoms with Crippen LogP contribution in [0.25, 0.3) is 0 Å². The lowest BCUT2D eigenvalue weighted by Gasteiger charge is -2.15. The highest BCUT2D eigenvalue weighted by molar-refractivity contribution is 6.42. The van der Waals surface area contributed by atoms with Gasteiger partial charge in [-0.3, -0.25) is 4.79 Å². The Kier molecular flexibility index (Phi) is 8.26. The van der Waals surface area contributed by atoms with Gasteiger partial charge in [0.25, 0.3) is 5.91 Å². The highest BCUT2D eigenvalue weighted by Crippen LogP contribution is 2.30. The molecule has 0 unspecified atom stereocenters. The maximum Gasteiger partial charge on any atom is 0.262 e. The molecule has 5 nitrogen and oxygen atoms in total. The van der Waals surface area contributed by atoms with Gasteiger partial charge >= 0.3 is 0 Å². The number of aryl methyl sites for hydroxylation is 1. The van der Waals surface area contributed by atoms with Crippen molar-refractivity contribution in [2.75, 3.05) is 23.8 Å². The van der Waals surface area contributed by atoms with Gasteiger partial charge in [0, 0.05) is 17.9 Å². The predicted molar refractivity (Wildman–Crippen MR) is 131 cm³/mol. The monoisotopic (exact) mass is 472 g/mol. The summed E-state index contributed by atoms with van der Waals surface area (Å²) in [5.41, 5.74) is 4.79. The van der Waals surface area contributed by atoms with Crippen LogP contribution in [0.4, 0.5) is 11.4 Å². The normalized spacial score (nSPS) is 10.5. The lowest BCUT2D eigenvalue weighted by Crippen LogP contribution is -2.21. The standard InChI is InChI=1S/C25H26Cl2N2O3/c1-4-31-24-12-18(14-28-19-9-10-20(26)21(27)13-19)8-11-23(24)32-15-25(30)29-22-7-5-6-16(2)17(22)3/h5-13,28H,4,14-15H2,1-3H3,(H,29,30). The number of rotatable bonds is 9. The summed E-state index contributed by atoms with van der Waals surface area (Å²) in [5.74, 6) is 0.869. The number of benzene rings is 3. The van der Waals surface area contributed by atoms with Gasteiger partial charge in [-0.05, 0) is 73.9 Å². The quantitative estimate of drug-likeness (QED) is 0.366. The molecule has 0 bridgehead atoms. The van der Waals surface area contributed by atoms with Crippen LogP contribution in [0.5, 0.6) is 11.5 Å². The number of ether oxygens (including phenoxy) is 2. The van der Waals surface area contributed by atoms with Crippen molar-refractivity contribution in [2.24, 2.45) is 0 Å². The summed E-state index contributed by atoms with van der Waals surface area (Å²) in [6.07, 6.45) is 0. The first kappa shape index (κ1) is 23.8. The molecule has 0 spiro atoms. The molecular weight excluding hydrogens is 447 g/mol. The Morgan fingerprint density at radius 2 is 1.75 bits per heavy atom. The number of anilines is 2. The fourth-order valence-electron chi connectivity index (χ4n) is 3.08. The Bertz CT molecular complexity index is 1100. The number of halogens is 2. The van der Waals surface area contributed by atoms with Crippen LogP contribution in [0.2, 0.25) is 10.0 Å². The van der Waals surface area contributed by atoms with E-state index in [0.717, 1.165) is 28.1 Å². The average molecular weight is 473 g/mol. The van der Waals surface area contributed by atoms with Crippen molar-refractivity contribution in [2.45, 2.75) is 27.3 Å². The van der Waals surface area contributed by atoms with E-state index in [4.69, 9.17) is 32.7 Å². The first-order valence-electron chi connectivity index (χ1n) is 10.3. The zero-order valence-corrected chi connectivity index (χ0v) is 19.8. The Balaban J connectivity index is 1.62. The van der Waals surface area contributed by atoms with Gasteiger partial charge in [-0.15, -0.1) is 0 Å². The van der Waals surface area contributed by atoms with Crippen LogP contribution in [0.15, 0.2) is 54.6 Å². The molecule has 0 heterocycles. The number of carbonyl (C=O) groups excluding carboxylic acids is 1. The number of nitrogens with one attached hydrogen (secondary N) is 2. The van der Waals surface area contributed by atoms with Crippen molar-refractivity contribution in [3.63, 3.8) is 0 Å². The smallest absolute Gasteiger partial charge is 0.262 e. The molecule has 2 N–H and O–H groups in total. The van der Waals surface area contributed by atoms with Gasteiger partial charge < -0.3 is 20.1 Å². The van der Waals surface area contributed by atoms with E-state index >= 15 is 0 Å². The van der Waals surface area contributed by atoms with E-state index in [1.807, 2.05) is 63.2 Å². The van der Waals surface area contributed by atoms with Crippen LogP contribution >= 0.6 is 23.2 Å². The van der Waals surface area contributed by atoms with Gasteiger partial charge in [-0.25, -0.2) is 0 Å². The third-order valence-electron chi connectivity index (χ3n) is 4.96. The fraction of sp³-hybridized carbons (Fsp3) is 0.240. The zero-order chi connectivity index (χ0) is 23.1. The molecule has 0 saturated carbocycles. The van der Waals surface area contributed by atoms with Gasteiger partial charge in [0.05, 0.1) is 16.7 Å². The highest BCUT2D eigenvalue weighted by Gasteiger charge is 2.11. The fourth-order valence-corrected chi connectivity index (χ4v) is 3.37. The summed E-state index contributed by atoms with van der Waals surface area (Å²) in [5, 5.41) is 7.21. The minimum atomic E-state index is -0.230. The van der Waals surface area contributed by atoms with E-state index in [9.17, 15) is 4.79 Å². The van der Waals surface area contributed by atoms with Crippen molar-refractivity contribution in [3.05, 3.63) is 81.3 Å². The Hall–Kier alpha value is -2.89. The summed E-state index contributed by atoms with van der Waals surface area (Å²) < 4.78 is 11.5. The van der Waals surface area contributed by atoms with Crippen LogP contribution in [-0.4, -0.2) is 19.1 Å². The summed E-state index contributed by atoms with van der Waals surface area (Å²) in [6.45, 7) is 6.81. The van der Waals surface area contributed by atoms with Crippen molar-refractivity contribution >= 4 is 40.5 Å². The second kappa shape index (κ2) is 11.1. The van der Waals surface area contributed by atoms with Crippen molar-refractivity contribution in [1.29, 1.82) is 0 Å². The van der Waals surface area contributed by atoms with Crippen molar-refractivity contribution < 1.29 is 14.3 Å². The van der Waals surface area contributed by atoms with Crippen LogP contribution < -0.4 is 20.1 Å². The molecule has 0 aliphatic rings. The molecule has 0 aromatic heterocycles. The van der Waals surface area contributed by atoms with Crippen LogP contribution in [-0.2, 0) is 11.3 Å². The zero-order valence-electron chi connectivity index (χ0n) is 18.3. The van der Waals surface area contributed by atoms with E-state index in [1.165, 1.54) is 0 Å². The summed E-state index contributed by atoms with van der Waals surface area (Å²) >= 11 is 12.0. The molecule has 7 heteroatoms. The van der Waals surface area contributed by atoms with Crippen LogP contribution in [0.1, 0.15) is 23.6 Å². The summed E-state index contributed by atoms with van der Waals surface area (Å²) in [6, 6.07) is 16.8. The molecule has 3 aromatic rings. The molecular formula is C25H26Cl2N2O3. The Morgan fingerprint density at radius 1 is 0.938 bits per heavy atom. The Morgan fingerprint density at radius 3 is 2.50 bits per heavy atom. The molecule has 0 radical (unpaired) electrons. The minimum absolute atomic E-state index is 0.117. The van der Waals surface area contributed by atoms with E-state index in [1.54, 1.807) is 12.1 Å². The molecule has 0 aliphatic heterocycles. The van der Waals surface area contributed by atoms with E-state index < -0.39 is 0 Å². The minimum Gasteiger partial charge on any atom is -0.490 e. The van der Waals surface area contributed by atoms with Gasteiger partial charge in [0.1, 0.15) is 0 Å². The van der Waals surface area contributed by atoms with Gasteiger partial charge in [0.15, 0.2) is 18.1 Å². The van der Waals surface area contributed by atoms with E-state index in [2.05, 4.69) is 10.6 Å². The molecule has 32 heavy (non-hydrogen) atoms. The van der Waals surface area contributed by atoms with Crippen LogP contribution in [0, 0.1) is 13.8 Å². The van der Waals surface area contributed by atoms with Crippen molar-refractivity contribution in [3.8, 4) is 11.5 Å². The molecule has 3 aromatic carbocycles. The number of hydrogen-bond donors (Lipinski definition) is 2.